The van der Waals surface area contributed by atoms with Gasteiger partial charge in [-0.2, -0.15) is 0 Å². The summed E-state index contributed by atoms with van der Waals surface area (Å²) in [6, 6.07) is 30.9. The van der Waals surface area contributed by atoms with Gasteiger partial charge in [0.05, 0.1) is 0 Å². The zero-order valence-electron chi connectivity index (χ0n) is 20.0. The summed E-state index contributed by atoms with van der Waals surface area (Å²) < 4.78 is 5.55. The van der Waals surface area contributed by atoms with Crippen molar-refractivity contribution in [3.05, 3.63) is 119 Å². The molecule has 0 aromatic heterocycles. The predicted molar refractivity (Wildman–Crippen MR) is 140 cm³/mol. The van der Waals surface area contributed by atoms with Gasteiger partial charge in [-0.1, -0.05) is 97.1 Å². The monoisotopic (exact) mass is 477 g/mol. The van der Waals surface area contributed by atoms with Crippen molar-refractivity contribution in [2.75, 3.05) is 6.61 Å². The number of fused-ring (bicyclic) bond motifs is 3. The van der Waals surface area contributed by atoms with Crippen molar-refractivity contribution in [1.82, 2.24) is 5.32 Å². The second-order valence-corrected chi connectivity index (χ2v) is 9.08. The minimum absolute atomic E-state index is 0.0859. The highest BCUT2D eigenvalue weighted by Crippen LogP contribution is 2.44. The molecule has 5 nitrogen and oxygen atoms in total. The van der Waals surface area contributed by atoms with Crippen molar-refractivity contribution in [1.29, 1.82) is 0 Å². The second-order valence-electron chi connectivity index (χ2n) is 9.08. The third kappa shape index (κ3) is 4.73. The molecule has 0 bridgehead atoms. The summed E-state index contributed by atoms with van der Waals surface area (Å²) in [5, 5.41) is 12.3. The van der Waals surface area contributed by atoms with E-state index in [1.807, 2.05) is 91.9 Å². The number of carboxylic acid groups (broad SMARTS) is 1. The number of carboxylic acids is 1. The van der Waals surface area contributed by atoms with Gasteiger partial charge in [-0.25, -0.2) is 9.59 Å². The molecule has 1 amide bonds. The molecule has 5 rings (SSSR count). The van der Waals surface area contributed by atoms with Crippen LogP contribution in [0.3, 0.4) is 0 Å². The molecule has 0 radical (unpaired) electrons. The summed E-state index contributed by atoms with van der Waals surface area (Å²) in [6.45, 7) is 2.18. The summed E-state index contributed by atoms with van der Waals surface area (Å²) in [6.07, 6.45) is -0.585. The van der Waals surface area contributed by atoms with E-state index in [0.29, 0.717) is 0 Å². The van der Waals surface area contributed by atoms with Crippen molar-refractivity contribution in [2.45, 2.75) is 25.3 Å². The number of amides is 1. The van der Waals surface area contributed by atoms with Gasteiger partial charge in [0.2, 0.25) is 0 Å². The van der Waals surface area contributed by atoms with Crippen LogP contribution in [0.4, 0.5) is 4.79 Å². The number of carbonyl (C=O) groups is 2. The molecule has 0 fully saturated rings. The summed E-state index contributed by atoms with van der Waals surface area (Å²) in [4.78, 5) is 24.6. The van der Waals surface area contributed by atoms with Gasteiger partial charge >= 0.3 is 12.1 Å². The van der Waals surface area contributed by atoms with Crippen molar-refractivity contribution in [2.24, 2.45) is 0 Å². The number of aliphatic carboxylic acids is 1. The van der Waals surface area contributed by atoms with Crippen molar-refractivity contribution >= 4 is 12.1 Å². The number of benzene rings is 4. The number of ether oxygens (including phenoxy) is 1. The predicted octanol–water partition coefficient (Wildman–Crippen LogP) is 6.20. The summed E-state index contributed by atoms with van der Waals surface area (Å²) >= 11 is 0. The Morgan fingerprint density at radius 3 is 2.08 bits per heavy atom. The topological polar surface area (TPSA) is 75.6 Å². The van der Waals surface area contributed by atoms with Crippen molar-refractivity contribution < 1.29 is 19.4 Å². The van der Waals surface area contributed by atoms with Gasteiger partial charge in [-0.3, -0.25) is 0 Å². The minimum Gasteiger partial charge on any atom is -0.480 e. The molecule has 4 aromatic rings. The van der Waals surface area contributed by atoms with Gasteiger partial charge in [0.25, 0.3) is 0 Å². The number of hydrogen-bond donors (Lipinski definition) is 2. The van der Waals surface area contributed by atoms with E-state index in [9.17, 15) is 14.7 Å². The SMILES string of the molecule is Cc1ccccc1-c1cccc(CC(NC(=O)OCC2c3ccccc3-c3ccccc32)C(=O)O)c1. The number of nitrogens with one attached hydrogen (secondary N) is 1. The van der Waals surface area contributed by atoms with Crippen LogP contribution < -0.4 is 5.32 Å². The summed E-state index contributed by atoms with van der Waals surface area (Å²) in [7, 11) is 0. The molecule has 0 saturated heterocycles. The number of carbonyl (C=O) groups excluding carboxylic acids is 1. The lowest BCUT2D eigenvalue weighted by molar-refractivity contribution is -0.139. The maximum Gasteiger partial charge on any atom is 0.407 e. The fourth-order valence-electron chi connectivity index (χ4n) is 4.98. The molecule has 1 unspecified atom stereocenters. The fourth-order valence-corrected chi connectivity index (χ4v) is 4.98. The molecule has 4 aromatic carbocycles. The minimum atomic E-state index is -1.11. The number of rotatable bonds is 7. The smallest absolute Gasteiger partial charge is 0.407 e. The number of alkyl carbamates (subject to hydrolysis) is 1. The molecule has 180 valence electrons. The van der Waals surface area contributed by atoms with Crippen LogP contribution in [-0.2, 0) is 16.0 Å². The molecule has 1 aliphatic carbocycles. The molecule has 1 atom stereocenters. The average Bonchev–Trinajstić information content (AvgIpc) is 3.21. The first-order chi connectivity index (χ1) is 17.5. The van der Waals surface area contributed by atoms with Gasteiger partial charge < -0.3 is 15.2 Å². The first-order valence-corrected chi connectivity index (χ1v) is 12.0. The lowest BCUT2D eigenvalue weighted by Gasteiger charge is -2.18. The van der Waals surface area contributed by atoms with Crippen LogP contribution in [0.2, 0.25) is 0 Å². The standard InChI is InChI=1S/C31H27NO4/c1-20-9-2-3-12-23(20)22-11-8-10-21(17-22)18-29(30(33)34)32-31(35)36-19-28-26-15-6-4-13-24(26)25-14-5-7-16-27(25)28/h2-17,28-29H,18-19H2,1H3,(H,32,35)(H,33,34). The van der Waals surface area contributed by atoms with E-state index in [2.05, 4.69) is 17.4 Å². The third-order valence-corrected chi connectivity index (χ3v) is 6.76. The Morgan fingerprint density at radius 1 is 0.833 bits per heavy atom. The second kappa shape index (κ2) is 10.1. The van der Waals surface area contributed by atoms with Crippen molar-refractivity contribution in [3.63, 3.8) is 0 Å². The lowest BCUT2D eigenvalue weighted by atomic mass is 9.97. The van der Waals surface area contributed by atoms with Crippen LogP contribution in [0.5, 0.6) is 0 Å². The van der Waals surface area contributed by atoms with Crippen LogP contribution in [0, 0.1) is 6.92 Å². The maximum atomic E-state index is 12.7. The molecule has 0 saturated carbocycles. The number of aryl methyl sites for hydroxylation is 1. The van der Waals surface area contributed by atoms with E-state index in [-0.39, 0.29) is 18.9 Å². The third-order valence-electron chi connectivity index (χ3n) is 6.76. The highest BCUT2D eigenvalue weighted by atomic mass is 16.5. The zero-order valence-corrected chi connectivity index (χ0v) is 20.0. The van der Waals surface area contributed by atoms with Gasteiger partial charge in [-0.15, -0.1) is 0 Å². The Bertz CT molecular complexity index is 1380. The van der Waals surface area contributed by atoms with E-state index in [0.717, 1.165) is 44.5 Å². The average molecular weight is 478 g/mol. The van der Waals surface area contributed by atoms with Gasteiger partial charge in [-0.05, 0) is 51.4 Å². The quantitative estimate of drug-likeness (QED) is 0.332. The molecule has 36 heavy (non-hydrogen) atoms. The van der Waals surface area contributed by atoms with Crippen LogP contribution in [-0.4, -0.2) is 29.8 Å². The van der Waals surface area contributed by atoms with Crippen LogP contribution in [0.15, 0.2) is 97.1 Å². The Kier molecular flexibility index (Phi) is 6.54. The van der Waals surface area contributed by atoms with E-state index in [1.165, 1.54) is 0 Å². The molecular formula is C31H27NO4. The van der Waals surface area contributed by atoms with E-state index < -0.39 is 18.1 Å². The summed E-state index contributed by atoms with van der Waals surface area (Å²) in [5.41, 5.74) is 8.55. The Balaban J connectivity index is 1.27. The first kappa shape index (κ1) is 23.4. The Labute approximate surface area is 210 Å². The van der Waals surface area contributed by atoms with E-state index in [4.69, 9.17) is 4.74 Å². The van der Waals surface area contributed by atoms with E-state index >= 15 is 0 Å². The van der Waals surface area contributed by atoms with Crippen LogP contribution in [0.1, 0.15) is 28.2 Å². The molecule has 0 aliphatic heterocycles. The maximum absolute atomic E-state index is 12.7. The lowest BCUT2D eigenvalue weighted by Crippen LogP contribution is -2.42. The summed E-state index contributed by atoms with van der Waals surface area (Å²) in [5.74, 6) is -1.19. The highest BCUT2D eigenvalue weighted by molar-refractivity contribution is 5.81. The Hall–Kier alpha value is -4.38. The molecule has 5 heteroatoms. The zero-order chi connectivity index (χ0) is 25.1. The molecule has 0 heterocycles. The van der Waals surface area contributed by atoms with Gasteiger partial charge in [0.15, 0.2) is 0 Å². The first-order valence-electron chi connectivity index (χ1n) is 12.0. The number of hydrogen-bond acceptors (Lipinski definition) is 3. The van der Waals surface area contributed by atoms with Crippen molar-refractivity contribution in [3.8, 4) is 22.3 Å². The van der Waals surface area contributed by atoms with Gasteiger partial charge in [0, 0.05) is 12.3 Å². The molecular weight excluding hydrogens is 450 g/mol. The fraction of sp³-hybridized carbons (Fsp3) is 0.161. The Morgan fingerprint density at radius 2 is 1.44 bits per heavy atom. The molecule has 2 N–H and O–H groups in total. The van der Waals surface area contributed by atoms with E-state index in [1.54, 1.807) is 0 Å². The molecule has 1 aliphatic rings. The molecule has 0 spiro atoms. The van der Waals surface area contributed by atoms with Crippen LogP contribution >= 0.6 is 0 Å². The van der Waals surface area contributed by atoms with Crippen LogP contribution in [0.25, 0.3) is 22.3 Å². The highest BCUT2D eigenvalue weighted by Gasteiger charge is 2.29. The largest absolute Gasteiger partial charge is 0.480 e. The normalized spacial score (nSPS) is 12.9. The van der Waals surface area contributed by atoms with Gasteiger partial charge in [0.1, 0.15) is 12.6 Å².